The Morgan fingerprint density at radius 3 is 2.65 bits per heavy atom. The number of hydrogen-bond donors (Lipinski definition) is 2. The number of aryl methyl sites for hydroxylation is 2. The number of fused-ring (bicyclic) bond motifs is 1. The van der Waals surface area contributed by atoms with Crippen LogP contribution in [0.4, 0.5) is 10.9 Å². The summed E-state index contributed by atoms with van der Waals surface area (Å²) in [6, 6.07) is 8.03. The Labute approximate surface area is 190 Å². The summed E-state index contributed by atoms with van der Waals surface area (Å²) in [5.41, 5.74) is 1.57. The molecule has 8 nitrogen and oxygen atoms in total. The molecule has 2 N–H and O–H groups in total. The molecule has 0 fully saturated rings. The molecule has 0 bridgehead atoms. The van der Waals surface area contributed by atoms with Gasteiger partial charge in [0.2, 0.25) is 5.13 Å². The molecule has 0 aliphatic carbocycles. The Hall–Kier alpha value is -2.73. The van der Waals surface area contributed by atoms with E-state index in [4.69, 9.17) is 5.10 Å². The Morgan fingerprint density at radius 1 is 1.06 bits per heavy atom. The van der Waals surface area contributed by atoms with Gasteiger partial charge in [0, 0.05) is 21.8 Å². The quantitative estimate of drug-likeness (QED) is 0.378. The van der Waals surface area contributed by atoms with Gasteiger partial charge in [-0.05, 0) is 32.9 Å². The molecule has 11 heteroatoms. The summed E-state index contributed by atoms with van der Waals surface area (Å²) in [6.07, 6.45) is 0. The van der Waals surface area contributed by atoms with Gasteiger partial charge in [0.15, 0.2) is 16.4 Å². The number of nitrogens with zero attached hydrogens (tertiary/aromatic N) is 6. The fourth-order valence-electron chi connectivity index (χ4n) is 3.22. The van der Waals surface area contributed by atoms with Crippen molar-refractivity contribution in [2.75, 3.05) is 5.32 Å². The van der Waals surface area contributed by atoms with Crippen LogP contribution >= 0.6 is 34.0 Å². The molecule has 4 heterocycles. The van der Waals surface area contributed by atoms with E-state index in [1.54, 1.807) is 18.3 Å². The van der Waals surface area contributed by atoms with Crippen LogP contribution in [0.1, 0.15) is 33.3 Å². The fourth-order valence-corrected chi connectivity index (χ4v) is 5.53. The second kappa shape index (κ2) is 7.75. The second-order valence-electron chi connectivity index (χ2n) is 7.28. The van der Waals surface area contributed by atoms with Gasteiger partial charge in [-0.3, -0.25) is 4.68 Å². The molecule has 0 spiro atoms. The van der Waals surface area contributed by atoms with Crippen molar-refractivity contribution >= 4 is 55.9 Å². The minimum Gasteiger partial charge on any atom is -0.376 e. The number of para-hydroxylation sites is 1. The molecule has 0 radical (unpaired) electrons. The van der Waals surface area contributed by atoms with E-state index in [9.17, 15) is 5.11 Å². The summed E-state index contributed by atoms with van der Waals surface area (Å²) in [7, 11) is 0. The first-order chi connectivity index (χ1) is 14.9. The van der Waals surface area contributed by atoms with Crippen LogP contribution in [0.5, 0.6) is 0 Å². The number of anilines is 2. The summed E-state index contributed by atoms with van der Waals surface area (Å²) in [4.78, 5) is 8.96. The highest BCUT2D eigenvalue weighted by atomic mass is 32.1. The van der Waals surface area contributed by atoms with Crippen molar-refractivity contribution in [1.29, 1.82) is 0 Å². The number of nitrogens with one attached hydrogen (secondary N) is 1. The summed E-state index contributed by atoms with van der Waals surface area (Å²) in [5.74, 6) is 0.690. The Bertz CT molecular complexity index is 1360. The lowest BCUT2D eigenvalue weighted by Gasteiger charge is -2.16. The number of rotatable bonds is 6. The highest BCUT2D eigenvalue weighted by molar-refractivity contribution is 7.15. The number of aromatic nitrogens is 6. The highest BCUT2D eigenvalue weighted by Crippen LogP contribution is 2.36. The molecule has 0 saturated carbocycles. The molecule has 0 aliphatic heterocycles. The largest absolute Gasteiger partial charge is 0.376 e. The molecule has 31 heavy (non-hydrogen) atoms. The predicted octanol–water partition coefficient (Wildman–Crippen LogP) is 4.47. The van der Waals surface area contributed by atoms with Crippen molar-refractivity contribution in [1.82, 2.24) is 29.9 Å². The second-order valence-corrected chi connectivity index (χ2v) is 10.2. The van der Waals surface area contributed by atoms with Crippen LogP contribution in [-0.4, -0.2) is 35.1 Å². The van der Waals surface area contributed by atoms with E-state index in [1.165, 1.54) is 22.7 Å². The van der Waals surface area contributed by atoms with Crippen LogP contribution in [0, 0.1) is 13.8 Å². The average molecular weight is 470 g/mol. The van der Waals surface area contributed by atoms with E-state index < -0.39 is 5.60 Å². The van der Waals surface area contributed by atoms with Gasteiger partial charge < -0.3 is 10.4 Å². The van der Waals surface area contributed by atoms with E-state index in [2.05, 4.69) is 30.9 Å². The summed E-state index contributed by atoms with van der Waals surface area (Å²) in [5, 5.41) is 35.1. The lowest BCUT2D eigenvalue weighted by molar-refractivity contribution is 0.101. The smallest absolute Gasteiger partial charge is 0.211 e. The van der Waals surface area contributed by atoms with Crippen LogP contribution < -0.4 is 5.32 Å². The lowest BCUT2D eigenvalue weighted by Crippen LogP contribution is -2.22. The van der Waals surface area contributed by atoms with Crippen LogP contribution in [0.25, 0.3) is 10.9 Å². The van der Waals surface area contributed by atoms with Gasteiger partial charge in [-0.1, -0.05) is 23.5 Å². The molecule has 5 rings (SSSR count). The highest BCUT2D eigenvalue weighted by Gasteiger charge is 2.33. The first-order valence-corrected chi connectivity index (χ1v) is 12.1. The molecule has 1 aromatic carbocycles. The standard InChI is InChI=1S/C20H19N7OS3/c1-11-9-30-17(21-11)20(3,28)18-24-25-19(31-18)23-16-14-6-4-5-7-15(14)27(26-16)8-13-10-29-12(2)22-13/h4-7,9-10,28H,8H2,1-3H3,(H,23,25,26). The van der Waals surface area contributed by atoms with E-state index in [1.807, 2.05) is 48.2 Å². The van der Waals surface area contributed by atoms with Gasteiger partial charge >= 0.3 is 0 Å². The first kappa shape index (κ1) is 20.2. The minimum absolute atomic E-state index is 0.478. The average Bonchev–Trinajstić information content (AvgIpc) is 3.52. The van der Waals surface area contributed by atoms with Gasteiger partial charge in [-0.2, -0.15) is 5.10 Å². The number of thiazole rings is 2. The maximum Gasteiger partial charge on any atom is 0.211 e. The molecule has 1 unspecified atom stereocenters. The third kappa shape index (κ3) is 3.85. The number of hydrogen-bond acceptors (Lipinski definition) is 10. The van der Waals surface area contributed by atoms with Crippen molar-refractivity contribution in [2.24, 2.45) is 0 Å². The van der Waals surface area contributed by atoms with Gasteiger partial charge in [0.05, 0.1) is 22.8 Å². The van der Waals surface area contributed by atoms with E-state index in [0.29, 0.717) is 27.5 Å². The predicted molar refractivity (Wildman–Crippen MR) is 124 cm³/mol. The number of aliphatic hydroxyl groups is 1. The van der Waals surface area contributed by atoms with Gasteiger partial charge in [-0.15, -0.1) is 32.9 Å². The minimum atomic E-state index is -1.29. The lowest BCUT2D eigenvalue weighted by atomic mass is 10.1. The maximum absolute atomic E-state index is 11.0. The molecular weight excluding hydrogens is 450 g/mol. The van der Waals surface area contributed by atoms with Crippen LogP contribution in [0.2, 0.25) is 0 Å². The Morgan fingerprint density at radius 2 is 1.90 bits per heavy atom. The van der Waals surface area contributed by atoms with Gasteiger partial charge in [0.1, 0.15) is 5.01 Å². The Kier molecular flexibility index (Phi) is 5.05. The zero-order valence-electron chi connectivity index (χ0n) is 17.0. The van der Waals surface area contributed by atoms with E-state index in [0.717, 1.165) is 27.3 Å². The third-order valence-electron chi connectivity index (χ3n) is 4.74. The molecule has 158 valence electrons. The molecular formula is C20H19N7OS3. The molecule has 0 amide bonds. The van der Waals surface area contributed by atoms with E-state index >= 15 is 0 Å². The van der Waals surface area contributed by atoms with E-state index in [-0.39, 0.29) is 0 Å². The normalized spacial score (nSPS) is 13.5. The monoisotopic (exact) mass is 469 g/mol. The molecule has 1 atom stereocenters. The molecule has 5 aromatic rings. The Balaban J connectivity index is 1.45. The van der Waals surface area contributed by atoms with Gasteiger partial charge in [0.25, 0.3) is 0 Å². The fraction of sp³-hybridized carbons (Fsp3) is 0.250. The van der Waals surface area contributed by atoms with Crippen molar-refractivity contribution in [3.63, 3.8) is 0 Å². The SMILES string of the molecule is Cc1csc(C(C)(O)c2nnc(Nc3nn(Cc4csc(C)n4)c4ccccc34)s2)n1. The third-order valence-corrected chi connectivity index (χ3v) is 7.78. The molecule has 0 saturated heterocycles. The summed E-state index contributed by atoms with van der Waals surface area (Å²) >= 11 is 4.33. The topological polar surface area (TPSA) is 102 Å². The summed E-state index contributed by atoms with van der Waals surface area (Å²) < 4.78 is 1.93. The molecule has 0 aliphatic rings. The van der Waals surface area contributed by atoms with Crippen molar-refractivity contribution in [3.8, 4) is 0 Å². The van der Waals surface area contributed by atoms with Crippen LogP contribution in [0.3, 0.4) is 0 Å². The first-order valence-electron chi connectivity index (χ1n) is 9.52. The van der Waals surface area contributed by atoms with Crippen LogP contribution in [0.15, 0.2) is 35.0 Å². The van der Waals surface area contributed by atoms with Crippen molar-refractivity contribution in [2.45, 2.75) is 32.9 Å². The van der Waals surface area contributed by atoms with Gasteiger partial charge in [-0.25, -0.2) is 9.97 Å². The van der Waals surface area contributed by atoms with Crippen LogP contribution in [-0.2, 0) is 12.1 Å². The van der Waals surface area contributed by atoms with Crippen molar-refractivity contribution in [3.05, 3.63) is 61.4 Å². The maximum atomic E-state index is 11.0. The van der Waals surface area contributed by atoms with Crippen molar-refractivity contribution < 1.29 is 5.11 Å². The number of benzene rings is 1. The summed E-state index contributed by atoms with van der Waals surface area (Å²) in [6.45, 7) is 6.18. The molecule has 4 aromatic heterocycles. The zero-order valence-corrected chi connectivity index (χ0v) is 19.5. The zero-order chi connectivity index (χ0) is 21.6.